The summed E-state index contributed by atoms with van der Waals surface area (Å²) in [6.45, 7) is 1.47. The van der Waals surface area contributed by atoms with E-state index in [1.807, 2.05) is 7.05 Å². The number of carbonyl (C=O) groups excluding carboxylic acids is 1. The fourth-order valence-corrected chi connectivity index (χ4v) is 3.36. The predicted molar refractivity (Wildman–Crippen MR) is 58.8 cm³/mol. The fourth-order valence-electron chi connectivity index (χ4n) is 3.36. The molecule has 2 rings (SSSR count). The second kappa shape index (κ2) is 4.49. The van der Waals surface area contributed by atoms with Crippen LogP contribution in [0.3, 0.4) is 0 Å². The third-order valence-electron chi connectivity index (χ3n) is 4.01. The van der Waals surface area contributed by atoms with Crippen LogP contribution in [0.1, 0.15) is 25.7 Å². The summed E-state index contributed by atoms with van der Waals surface area (Å²) in [6.07, 6.45) is 5.65. The van der Waals surface area contributed by atoms with Crippen LogP contribution in [0.4, 0.5) is 0 Å². The van der Waals surface area contributed by atoms with Gasteiger partial charge < -0.3 is 0 Å². The van der Waals surface area contributed by atoms with E-state index in [2.05, 4.69) is 10.3 Å². The standard InChI is InChI=1S/C11H21N3O/c1-14(7-11(15)13-12)6-10-5-8-2-3-9(10)4-8/h8-10H,2-7,12H2,1H3,(H,13,15). The van der Waals surface area contributed by atoms with Gasteiger partial charge in [0, 0.05) is 6.54 Å². The van der Waals surface area contributed by atoms with Gasteiger partial charge in [0.2, 0.25) is 5.91 Å². The first-order chi connectivity index (χ1) is 7.19. The van der Waals surface area contributed by atoms with Crippen molar-refractivity contribution in [3.8, 4) is 0 Å². The van der Waals surface area contributed by atoms with E-state index in [0.717, 1.165) is 24.3 Å². The molecular formula is C11H21N3O. The number of hydrogen-bond acceptors (Lipinski definition) is 3. The quantitative estimate of drug-likeness (QED) is 0.400. The molecule has 4 heteroatoms. The average Bonchev–Trinajstić information content (AvgIpc) is 2.78. The summed E-state index contributed by atoms with van der Waals surface area (Å²) < 4.78 is 0. The second-order valence-corrected chi connectivity index (χ2v) is 5.20. The number of hydrazine groups is 1. The monoisotopic (exact) mass is 211 g/mol. The Morgan fingerprint density at radius 2 is 2.27 bits per heavy atom. The van der Waals surface area contributed by atoms with E-state index in [9.17, 15) is 4.79 Å². The predicted octanol–water partition coefficient (Wildman–Crippen LogP) is 0.344. The second-order valence-electron chi connectivity index (χ2n) is 5.20. The largest absolute Gasteiger partial charge is 0.297 e. The first kappa shape index (κ1) is 10.9. The Labute approximate surface area is 91.2 Å². The zero-order valence-electron chi connectivity index (χ0n) is 9.41. The lowest BCUT2D eigenvalue weighted by Gasteiger charge is -2.26. The minimum atomic E-state index is -0.0966. The van der Waals surface area contributed by atoms with Crippen LogP contribution in [0.2, 0.25) is 0 Å². The molecule has 0 aromatic heterocycles. The van der Waals surface area contributed by atoms with Gasteiger partial charge in [-0.25, -0.2) is 5.84 Å². The summed E-state index contributed by atoms with van der Waals surface area (Å²) >= 11 is 0. The summed E-state index contributed by atoms with van der Waals surface area (Å²) in [6, 6.07) is 0. The molecule has 0 radical (unpaired) electrons. The van der Waals surface area contributed by atoms with Gasteiger partial charge in [0.25, 0.3) is 0 Å². The molecule has 1 amide bonds. The normalized spacial score (nSPS) is 33.7. The van der Waals surface area contributed by atoms with E-state index in [4.69, 9.17) is 5.84 Å². The molecule has 3 atom stereocenters. The van der Waals surface area contributed by atoms with E-state index < -0.39 is 0 Å². The molecule has 2 aliphatic rings. The molecule has 0 aliphatic heterocycles. The maximum atomic E-state index is 11.1. The Morgan fingerprint density at radius 3 is 2.80 bits per heavy atom. The number of carbonyl (C=O) groups is 1. The average molecular weight is 211 g/mol. The lowest BCUT2D eigenvalue weighted by atomic mass is 9.88. The van der Waals surface area contributed by atoms with Crippen LogP contribution in [0.5, 0.6) is 0 Å². The van der Waals surface area contributed by atoms with Gasteiger partial charge in [-0.1, -0.05) is 6.42 Å². The van der Waals surface area contributed by atoms with Gasteiger partial charge in [-0.05, 0) is 44.1 Å². The zero-order valence-corrected chi connectivity index (χ0v) is 9.41. The highest BCUT2D eigenvalue weighted by Crippen LogP contribution is 2.48. The molecule has 3 N–H and O–H groups in total. The van der Waals surface area contributed by atoms with E-state index in [1.54, 1.807) is 0 Å². The molecule has 15 heavy (non-hydrogen) atoms. The van der Waals surface area contributed by atoms with Gasteiger partial charge in [0.05, 0.1) is 6.54 Å². The SMILES string of the molecule is CN(CC(=O)NN)CC1CC2CCC1C2. The zero-order chi connectivity index (χ0) is 10.8. The maximum Gasteiger partial charge on any atom is 0.248 e. The third kappa shape index (κ3) is 2.49. The van der Waals surface area contributed by atoms with Gasteiger partial charge >= 0.3 is 0 Å². The van der Waals surface area contributed by atoms with Crippen molar-refractivity contribution in [2.75, 3.05) is 20.1 Å². The minimum Gasteiger partial charge on any atom is -0.297 e. The number of fused-ring (bicyclic) bond motifs is 2. The lowest BCUT2D eigenvalue weighted by molar-refractivity contribution is -0.122. The molecule has 86 valence electrons. The van der Waals surface area contributed by atoms with Crippen LogP contribution in [0, 0.1) is 17.8 Å². The first-order valence-electron chi connectivity index (χ1n) is 5.87. The van der Waals surface area contributed by atoms with Crippen LogP contribution < -0.4 is 11.3 Å². The molecule has 0 aromatic carbocycles. The van der Waals surface area contributed by atoms with Crippen LogP contribution in [-0.4, -0.2) is 30.9 Å². The summed E-state index contributed by atoms with van der Waals surface area (Å²) in [5, 5.41) is 0. The highest BCUT2D eigenvalue weighted by molar-refractivity contribution is 5.77. The Bertz CT molecular complexity index is 244. The molecule has 2 bridgehead atoms. The van der Waals surface area contributed by atoms with Crippen molar-refractivity contribution in [3.05, 3.63) is 0 Å². The van der Waals surface area contributed by atoms with Gasteiger partial charge in [-0.2, -0.15) is 0 Å². The molecule has 2 saturated carbocycles. The number of likely N-dealkylation sites (N-methyl/N-ethyl adjacent to an activating group) is 1. The van der Waals surface area contributed by atoms with Gasteiger partial charge in [0.15, 0.2) is 0 Å². The van der Waals surface area contributed by atoms with Crippen molar-refractivity contribution in [3.63, 3.8) is 0 Å². The summed E-state index contributed by atoms with van der Waals surface area (Å²) in [7, 11) is 2.00. The number of nitrogens with one attached hydrogen (secondary N) is 1. The van der Waals surface area contributed by atoms with Gasteiger partial charge in [-0.15, -0.1) is 0 Å². The van der Waals surface area contributed by atoms with Crippen LogP contribution in [-0.2, 0) is 4.79 Å². The van der Waals surface area contributed by atoms with Crippen molar-refractivity contribution in [2.45, 2.75) is 25.7 Å². The molecule has 2 aliphatic carbocycles. The molecule has 4 nitrogen and oxygen atoms in total. The molecule has 2 fully saturated rings. The van der Waals surface area contributed by atoms with E-state index in [1.165, 1.54) is 25.7 Å². The van der Waals surface area contributed by atoms with Crippen molar-refractivity contribution in [2.24, 2.45) is 23.6 Å². The minimum absolute atomic E-state index is 0.0966. The number of nitrogens with zero attached hydrogens (tertiary/aromatic N) is 1. The first-order valence-corrected chi connectivity index (χ1v) is 5.87. The summed E-state index contributed by atoms with van der Waals surface area (Å²) in [4.78, 5) is 13.2. The van der Waals surface area contributed by atoms with Crippen LogP contribution >= 0.6 is 0 Å². The van der Waals surface area contributed by atoms with Gasteiger partial charge in [-0.3, -0.25) is 15.1 Å². The summed E-state index contributed by atoms with van der Waals surface area (Å²) in [5.41, 5.74) is 2.17. The molecular weight excluding hydrogens is 190 g/mol. The van der Waals surface area contributed by atoms with Crippen LogP contribution in [0.25, 0.3) is 0 Å². The highest BCUT2D eigenvalue weighted by atomic mass is 16.2. The topological polar surface area (TPSA) is 58.4 Å². The molecule has 0 saturated heterocycles. The van der Waals surface area contributed by atoms with Crippen LogP contribution in [0.15, 0.2) is 0 Å². The highest BCUT2D eigenvalue weighted by Gasteiger charge is 2.39. The van der Waals surface area contributed by atoms with E-state index in [0.29, 0.717) is 6.54 Å². The Morgan fingerprint density at radius 1 is 1.47 bits per heavy atom. The Balaban J connectivity index is 1.75. The van der Waals surface area contributed by atoms with E-state index >= 15 is 0 Å². The van der Waals surface area contributed by atoms with Crippen molar-refractivity contribution >= 4 is 5.91 Å². The van der Waals surface area contributed by atoms with Crippen molar-refractivity contribution in [1.82, 2.24) is 10.3 Å². The van der Waals surface area contributed by atoms with Crippen molar-refractivity contribution < 1.29 is 4.79 Å². The number of hydrogen-bond donors (Lipinski definition) is 2. The number of nitrogens with two attached hydrogens (primary N) is 1. The van der Waals surface area contributed by atoms with Crippen molar-refractivity contribution in [1.29, 1.82) is 0 Å². The molecule has 0 spiro atoms. The molecule has 0 aromatic rings. The number of amides is 1. The summed E-state index contributed by atoms with van der Waals surface area (Å²) in [5.74, 6) is 7.70. The third-order valence-corrected chi connectivity index (χ3v) is 4.01. The van der Waals surface area contributed by atoms with E-state index in [-0.39, 0.29) is 5.91 Å². The smallest absolute Gasteiger partial charge is 0.248 e. The molecule has 3 unspecified atom stereocenters. The Hall–Kier alpha value is -0.610. The van der Waals surface area contributed by atoms with Gasteiger partial charge in [0.1, 0.15) is 0 Å². The molecule has 0 heterocycles. The fraction of sp³-hybridized carbons (Fsp3) is 0.909. The maximum absolute atomic E-state index is 11.1. The lowest BCUT2D eigenvalue weighted by Crippen LogP contribution is -2.40. The number of rotatable bonds is 4. The Kier molecular flexibility index (Phi) is 3.26.